The highest BCUT2D eigenvalue weighted by atomic mass is 16.6. The number of hydrogen-bond donors (Lipinski definition) is 0. The van der Waals surface area contributed by atoms with Gasteiger partial charge in [0.05, 0.1) is 26.8 Å². The lowest BCUT2D eigenvalue weighted by atomic mass is 10.00. The summed E-state index contributed by atoms with van der Waals surface area (Å²) in [5.41, 5.74) is 0.0961. The Morgan fingerprint density at radius 1 is 0.800 bits per heavy atom. The molecular formula is C18H9N3O4. The van der Waals surface area contributed by atoms with Gasteiger partial charge in [0.15, 0.2) is 0 Å². The predicted molar refractivity (Wildman–Crippen MR) is 87.1 cm³/mol. The first-order chi connectivity index (χ1) is 12.0. The zero-order chi connectivity index (χ0) is 17.6. The summed E-state index contributed by atoms with van der Waals surface area (Å²) < 4.78 is 0. The first-order valence-electron chi connectivity index (χ1n) is 7.36. The monoisotopic (exact) mass is 331 g/mol. The summed E-state index contributed by atoms with van der Waals surface area (Å²) in [5, 5.41) is 12.9. The van der Waals surface area contributed by atoms with Crippen molar-refractivity contribution >= 4 is 29.7 Å². The highest BCUT2D eigenvalue weighted by molar-refractivity contribution is 6.15. The normalized spacial score (nSPS) is 18.1. The molecule has 120 valence electrons. The quantitative estimate of drug-likeness (QED) is 0.398. The van der Waals surface area contributed by atoms with Crippen LogP contribution in [0.25, 0.3) is 12.2 Å². The minimum absolute atomic E-state index is 0.0799. The van der Waals surface area contributed by atoms with Crippen LogP contribution in [0, 0.1) is 10.1 Å². The molecule has 0 fully saturated rings. The molecule has 2 aliphatic rings. The van der Waals surface area contributed by atoms with Crippen LogP contribution in [-0.4, -0.2) is 16.7 Å². The lowest BCUT2D eigenvalue weighted by molar-refractivity contribution is -0.385. The van der Waals surface area contributed by atoms with E-state index in [4.69, 9.17) is 0 Å². The Balaban J connectivity index is 2.00. The molecule has 0 unspecified atom stereocenters. The number of carbonyl (C=O) groups excluding carboxylic acids is 2. The van der Waals surface area contributed by atoms with Gasteiger partial charge in [0.2, 0.25) is 0 Å². The van der Waals surface area contributed by atoms with Crippen LogP contribution in [0.2, 0.25) is 0 Å². The minimum Gasteiger partial charge on any atom is -0.267 e. The maximum Gasteiger partial charge on any atom is 0.278 e. The average molecular weight is 331 g/mol. The van der Waals surface area contributed by atoms with Crippen LogP contribution < -0.4 is 21.2 Å². The lowest BCUT2D eigenvalue weighted by Gasteiger charge is -2.09. The molecule has 7 nitrogen and oxygen atoms in total. The molecule has 25 heavy (non-hydrogen) atoms. The van der Waals surface area contributed by atoms with Gasteiger partial charge in [-0.1, -0.05) is 18.2 Å². The summed E-state index contributed by atoms with van der Waals surface area (Å²) in [5.74, 6) is -1.11. The number of carbonyl (C=O) groups is 2. The third-order valence-corrected chi connectivity index (χ3v) is 3.95. The molecule has 0 N–H and O–H groups in total. The van der Waals surface area contributed by atoms with E-state index in [1.54, 1.807) is 30.3 Å². The van der Waals surface area contributed by atoms with Gasteiger partial charge < -0.3 is 0 Å². The van der Waals surface area contributed by atoms with Crippen molar-refractivity contribution in [3.8, 4) is 0 Å². The second-order valence-electron chi connectivity index (χ2n) is 5.51. The molecule has 2 aromatic rings. The van der Waals surface area contributed by atoms with Gasteiger partial charge in [0, 0.05) is 22.6 Å². The number of nitro groups is 1. The van der Waals surface area contributed by atoms with Gasteiger partial charge in [-0.15, -0.1) is 0 Å². The standard InChI is InChI=1S/C18H9N3O4/c22-17-13(8-10-3-1-2-4-15(10)19-17)14-9-11-7-12(21(24)25)5-6-16(11)20-18(14)23/h1-9H. The van der Waals surface area contributed by atoms with Crippen LogP contribution in [0.4, 0.5) is 5.69 Å². The van der Waals surface area contributed by atoms with Crippen LogP contribution >= 0.6 is 0 Å². The fourth-order valence-electron chi connectivity index (χ4n) is 2.74. The number of non-ortho nitro benzene ring substituents is 1. The number of benzene rings is 2. The van der Waals surface area contributed by atoms with E-state index in [0.717, 1.165) is 5.22 Å². The number of amides is 2. The Hall–Kier alpha value is -3.74. The zero-order valence-corrected chi connectivity index (χ0v) is 12.7. The Kier molecular flexibility index (Phi) is 3.21. The molecule has 4 rings (SSSR count). The summed E-state index contributed by atoms with van der Waals surface area (Å²) in [7, 11) is 0. The molecule has 0 aromatic heterocycles. The Morgan fingerprint density at radius 2 is 1.40 bits per heavy atom. The Labute approximate surface area is 139 Å². The van der Waals surface area contributed by atoms with Gasteiger partial charge in [-0.2, -0.15) is 0 Å². The molecule has 0 spiro atoms. The second kappa shape index (κ2) is 5.41. The molecule has 0 bridgehead atoms. The number of para-hydroxylation sites is 1. The summed E-state index contributed by atoms with van der Waals surface area (Å²) in [6, 6.07) is 11.1. The molecule has 7 heteroatoms. The summed E-state index contributed by atoms with van der Waals surface area (Å²) in [6.45, 7) is 0. The molecule has 2 aliphatic heterocycles. The highest BCUT2D eigenvalue weighted by Crippen LogP contribution is 2.15. The van der Waals surface area contributed by atoms with Gasteiger partial charge in [-0.25, -0.2) is 9.98 Å². The minimum atomic E-state index is -0.574. The van der Waals surface area contributed by atoms with E-state index in [1.165, 1.54) is 24.3 Å². The zero-order valence-electron chi connectivity index (χ0n) is 12.7. The van der Waals surface area contributed by atoms with Crippen LogP contribution in [0.3, 0.4) is 0 Å². The van der Waals surface area contributed by atoms with Crippen molar-refractivity contribution in [1.29, 1.82) is 0 Å². The summed E-state index contributed by atoms with van der Waals surface area (Å²) in [6.07, 6.45) is 3.04. The number of nitrogens with zero attached hydrogens (tertiary/aromatic N) is 3. The maximum absolute atomic E-state index is 12.3. The third kappa shape index (κ3) is 2.47. The second-order valence-corrected chi connectivity index (χ2v) is 5.51. The number of nitro benzene ring substituents is 1. The molecule has 2 heterocycles. The van der Waals surface area contributed by atoms with Crippen LogP contribution in [0.15, 0.2) is 63.6 Å². The van der Waals surface area contributed by atoms with Crippen LogP contribution in [0.1, 0.15) is 0 Å². The van der Waals surface area contributed by atoms with Crippen LogP contribution in [-0.2, 0) is 9.59 Å². The van der Waals surface area contributed by atoms with Crippen molar-refractivity contribution in [2.24, 2.45) is 9.98 Å². The predicted octanol–water partition coefficient (Wildman–Crippen LogP) is -0.528. The Bertz CT molecular complexity index is 1260. The molecule has 0 aliphatic carbocycles. The molecule has 0 saturated heterocycles. The van der Waals surface area contributed by atoms with Gasteiger partial charge in [-0.3, -0.25) is 19.7 Å². The van der Waals surface area contributed by atoms with Crippen molar-refractivity contribution in [2.45, 2.75) is 0 Å². The van der Waals surface area contributed by atoms with E-state index in [-0.39, 0.29) is 16.8 Å². The summed E-state index contributed by atoms with van der Waals surface area (Å²) >= 11 is 0. The van der Waals surface area contributed by atoms with Gasteiger partial charge in [0.25, 0.3) is 17.5 Å². The molecular weight excluding hydrogens is 322 g/mol. The van der Waals surface area contributed by atoms with Gasteiger partial charge in [-0.05, 0) is 24.3 Å². The van der Waals surface area contributed by atoms with Gasteiger partial charge >= 0.3 is 0 Å². The highest BCUT2D eigenvalue weighted by Gasteiger charge is 2.21. The van der Waals surface area contributed by atoms with E-state index >= 15 is 0 Å². The first-order valence-corrected chi connectivity index (χ1v) is 7.36. The summed E-state index contributed by atoms with van der Waals surface area (Å²) in [4.78, 5) is 43.0. The Morgan fingerprint density at radius 3 is 2.08 bits per heavy atom. The first kappa shape index (κ1) is 14.8. The smallest absolute Gasteiger partial charge is 0.267 e. The molecule has 2 aromatic carbocycles. The number of hydrogen-bond acceptors (Lipinski definition) is 4. The largest absolute Gasteiger partial charge is 0.278 e. The van der Waals surface area contributed by atoms with E-state index < -0.39 is 16.7 Å². The van der Waals surface area contributed by atoms with Crippen molar-refractivity contribution in [1.82, 2.24) is 0 Å². The van der Waals surface area contributed by atoms with Crippen molar-refractivity contribution in [2.75, 3.05) is 0 Å². The van der Waals surface area contributed by atoms with Crippen molar-refractivity contribution in [3.63, 3.8) is 0 Å². The fourth-order valence-corrected chi connectivity index (χ4v) is 2.74. The molecule has 0 atom stereocenters. The SMILES string of the molecule is O=C1N=c2ccccc2=CC1=C1C=c2cc([N+](=O)[O-])ccc2=NC1=O. The van der Waals surface area contributed by atoms with E-state index in [9.17, 15) is 19.7 Å². The van der Waals surface area contributed by atoms with E-state index in [2.05, 4.69) is 9.98 Å². The lowest BCUT2D eigenvalue weighted by Crippen LogP contribution is -2.34. The van der Waals surface area contributed by atoms with E-state index in [0.29, 0.717) is 15.9 Å². The van der Waals surface area contributed by atoms with Crippen molar-refractivity contribution < 1.29 is 14.5 Å². The van der Waals surface area contributed by atoms with Gasteiger partial charge in [0.1, 0.15) is 0 Å². The number of fused-ring (bicyclic) bond motifs is 2. The number of rotatable bonds is 1. The van der Waals surface area contributed by atoms with Crippen molar-refractivity contribution in [3.05, 3.63) is 84.9 Å². The molecule has 2 amide bonds. The topological polar surface area (TPSA) is 102 Å². The average Bonchev–Trinajstić information content (AvgIpc) is 2.60. The molecule has 0 saturated carbocycles. The third-order valence-electron chi connectivity index (χ3n) is 3.95. The van der Waals surface area contributed by atoms with E-state index in [1.807, 2.05) is 0 Å². The molecule has 0 radical (unpaired) electrons. The fraction of sp³-hybridized carbons (Fsp3) is 0. The van der Waals surface area contributed by atoms with Crippen LogP contribution in [0.5, 0.6) is 0 Å². The maximum atomic E-state index is 12.3.